The van der Waals surface area contributed by atoms with E-state index in [1.54, 1.807) is 4.31 Å². The molecular formula is C15H33N3O2S. The topological polar surface area (TPSA) is 61.4 Å². The predicted molar refractivity (Wildman–Crippen MR) is 88.5 cm³/mol. The number of hydrogen-bond donors (Lipinski definition) is 2. The lowest BCUT2D eigenvalue weighted by Crippen LogP contribution is -2.53. The molecule has 21 heavy (non-hydrogen) atoms. The Morgan fingerprint density at radius 2 is 1.95 bits per heavy atom. The molecule has 1 heterocycles. The zero-order valence-electron chi connectivity index (χ0n) is 14.1. The van der Waals surface area contributed by atoms with Gasteiger partial charge in [-0.2, -0.15) is 17.4 Å². The fraction of sp³-hybridized carbons (Fsp3) is 1.00. The Labute approximate surface area is 131 Å². The molecular weight excluding hydrogens is 286 g/mol. The first-order chi connectivity index (χ1) is 9.80. The average Bonchev–Trinajstić information content (AvgIpc) is 2.38. The standard InChI is InChI=1S/C15H33N3O2S/c1-5-9-15(3,4)17-21(19,20)18-11-7-8-14(13-18)12-16-10-6-2/h14,16-17H,5-13H2,1-4H3. The summed E-state index contributed by atoms with van der Waals surface area (Å²) in [5.74, 6) is 0.427. The van der Waals surface area contributed by atoms with E-state index in [-0.39, 0.29) is 5.54 Å². The molecule has 0 aromatic rings. The van der Waals surface area contributed by atoms with Gasteiger partial charge in [-0.15, -0.1) is 0 Å². The first-order valence-electron chi connectivity index (χ1n) is 8.30. The summed E-state index contributed by atoms with van der Waals surface area (Å²) in [5, 5.41) is 3.40. The van der Waals surface area contributed by atoms with Crippen LogP contribution in [0.25, 0.3) is 0 Å². The highest BCUT2D eigenvalue weighted by Crippen LogP contribution is 2.20. The Kier molecular flexibility index (Phi) is 7.60. The Morgan fingerprint density at radius 1 is 1.24 bits per heavy atom. The molecule has 1 aliphatic heterocycles. The van der Waals surface area contributed by atoms with Crippen molar-refractivity contribution in [1.29, 1.82) is 0 Å². The maximum absolute atomic E-state index is 12.5. The number of rotatable bonds is 9. The van der Waals surface area contributed by atoms with E-state index in [2.05, 4.69) is 23.9 Å². The smallest absolute Gasteiger partial charge is 0.279 e. The van der Waals surface area contributed by atoms with Crippen LogP contribution in [0.3, 0.4) is 0 Å². The van der Waals surface area contributed by atoms with E-state index in [9.17, 15) is 8.42 Å². The summed E-state index contributed by atoms with van der Waals surface area (Å²) in [6.45, 7) is 11.3. The molecule has 0 bridgehead atoms. The summed E-state index contributed by atoms with van der Waals surface area (Å²) in [5.41, 5.74) is -0.374. The molecule has 0 aliphatic carbocycles. The fourth-order valence-electron chi connectivity index (χ4n) is 2.98. The van der Waals surface area contributed by atoms with E-state index in [4.69, 9.17) is 0 Å². The van der Waals surface area contributed by atoms with Gasteiger partial charge >= 0.3 is 0 Å². The third-order valence-electron chi connectivity index (χ3n) is 3.96. The normalized spacial score (nSPS) is 21.6. The molecule has 1 unspecified atom stereocenters. The molecule has 6 heteroatoms. The van der Waals surface area contributed by atoms with Crippen molar-refractivity contribution in [3.05, 3.63) is 0 Å². The van der Waals surface area contributed by atoms with Gasteiger partial charge in [0.15, 0.2) is 0 Å². The van der Waals surface area contributed by atoms with Crippen LogP contribution in [0.4, 0.5) is 0 Å². The minimum absolute atomic E-state index is 0.374. The van der Waals surface area contributed by atoms with Crippen LogP contribution in [0.15, 0.2) is 0 Å². The zero-order valence-corrected chi connectivity index (χ0v) is 14.9. The van der Waals surface area contributed by atoms with Crippen LogP contribution < -0.4 is 10.0 Å². The lowest BCUT2D eigenvalue weighted by molar-refractivity contribution is 0.253. The van der Waals surface area contributed by atoms with Crippen molar-refractivity contribution < 1.29 is 8.42 Å². The molecule has 1 fully saturated rings. The second-order valence-electron chi connectivity index (χ2n) is 6.81. The first kappa shape index (κ1) is 18.9. The van der Waals surface area contributed by atoms with Gasteiger partial charge in [-0.3, -0.25) is 0 Å². The zero-order chi connectivity index (χ0) is 15.9. The summed E-state index contributed by atoms with van der Waals surface area (Å²) in [4.78, 5) is 0. The van der Waals surface area contributed by atoms with Crippen molar-refractivity contribution in [2.45, 2.75) is 65.3 Å². The molecule has 0 aromatic heterocycles. The molecule has 0 radical (unpaired) electrons. The third kappa shape index (κ3) is 6.63. The minimum atomic E-state index is -3.37. The van der Waals surface area contributed by atoms with Crippen molar-refractivity contribution in [2.75, 3.05) is 26.2 Å². The third-order valence-corrected chi connectivity index (χ3v) is 5.78. The van der Waals surface area contributed by atoms with Gasteiger partial charge in [-0.25, -0.2) is 0 Å². The number of nitrogens with zero attached hydrogens (tertiary/aromatic N) is 1. The minimum Gasteiger partial charge on any atom is -0.316 e. The Balaban J connectivity index is 2.57. The fourth-order valence-corrected chi connectivity index (χ4v) is 4.69. The largest absolute Gasteiger partial charge is 0.316 e. The first-order valence-corrected chi connectivity index (χ1v) is 9.74. The van der Waals surface area contributed by atoms with Gasteiger partial charge in [0.25, 0.3) is 10.2 Å². The molecule has 0 aromatic carbocycles. The molecule has 1 aliphatic rings. The monoisotopic (exact) mass is 319 g/mol. The molecule has 1 saturated heterocycles. The summed E-state index contributed by atoms with van der Waals surface area (Å²) >= 11 is 0. The summed E-state index contributed by atoms with van der Waals surface area (Å²) in [7, 11) is -3.37. The number of nitrogens with one attached hydrogen (secondary N) is 2. The van der Waals surface area contributed by atoms with Crippen LogP contribution >= 0.6 is 0 Å². The van der Waals surface area contributed by atoms with Crippen LogP contribution in [0.1, 0.15) is 59.8 Å². The van der Waals surface area contributed by atoms with E-state index >= 15 is 0 Å². The summed E-state index contributed by atoms with van der Waals surface area (Å²) < 4.78 is 29.6. The molecule has 0 amide bonds. The number of hydrogen-bond acceptors (Lipinski definition) is 3. The lowest BCUT2D eigenvalue weighted by Gasteiger charge is -2.35. The van der Waals surface area contributed by atoms with Gasteiger partial charge in [-0.05, 0) is 58.5 Å². The predicted octanol–water partition coefficient (Wildman–Crippen LogP) is 2.11. The Bertz CT molecular complexity index is 396. The van der Waals surface area contributed by atoms with Crippen LogP contribution in [-0.2, 0) is 10.2 Å². The van der Waals surface area contributed by atoms with E-state index in [0.717, 1.165) is 45.2 Å². The maximum atomic E-state index is 12.5. The van der Waals surface area contributed by atoms with Crippen LogP contribution in [-0.4, -0.2) is 44.4 Å². The molecule has 2 N–H and O–H groups in total. The number of piperidine rings is 1. The van der Waals surface area contributed by atoms with Gasteiger partial charge in [-0.1, -0.05) is 20.3 Å². The maximum Gasteiger partial charge on any atom is 0.279 e. The highest BCUT2D eigenvalue weighted by Gasteiger charge is 2.32. The van der Waals surface area contributed by atoms with E-state index in [1.165, 1.54) is 0 Å². The van der Waals surface area contributed by atoms with Gasteiger partial charge < -0.3 is 5.32 Å². The highest BCUT2D eigenvalue weighted by atomic mass is 32.2. The molecule has 5 nitrogen and oxygen atoms in total. The molecule has 126 valence electrons. The van der Waals surface area contributed by atoms with Crippen molar-refractivity contribution in [3.8, 4) is 0 Å². The van der Waals surface area contributed by atoms with E-state index in [1.807, 2.05) is 13.8 Å². The summed E-state index contributed by atoms with van der Waals surface area (Å²) in [6.07, 6.45) is 5.00. The molecule has 1 atom stereocenters. The van der Waals surface area contributed by atoms with Crippen LogP contribution in [0.2, 0.25) is 0 Å². The van der Waals surface area contributed by atoms with Crippen molar-refractivity contribution in [1.82, 2.24) is 14.3 Å². The van der Waals surface area contributed by atoms with E-state index in [0.29, 0.717) is 19.0 Å². The van der Waals surface area contributed by atoms with Crippen LogP contribution in [0, 0.1) is 5.92 Å². The van der Waals surface area contributed by atoms with Gasteiger partial charge in [0.1, 0.15) is 0 Å². The lowest BCUT2D eigenvalue weighted by atomic mass is 10.00. The van der Waals surface area contributed by atoms with Crippen LogP contribution in [0.5, 0.6) is 0 Å². The Hall–Kier alpha value is -0.170. The van der Waals surface area contributed by atoms with Crippen molar-refractivity contribution in [2.24, 2.45) is 5.92 Å². The highest BCUT2D eigenvalue weighted by molar-refractivity contribution is 7.87. The SMILES string of the molecule is CCCNCC1CCCN(S(=O)(=O)NC(C)(C)CCC)C1. The van der Waals surface area contributed by atoms with Crippen molar-refractivity contribution in [3.63, 3.8) is 0 Å². The molecule has 0 saturated carbocycles. The molecule has 1 rings (SSSR count). The second kappa shape index (κ2) is 8.46. The van der Waals surface area contributed by atoms with Gasteiger partial charge in [0.2, 0.25) is 0 Å². The van der Waals surface area contributed by atoms with Gasteiger partial charge in [0.05, 0.1) is 0 Å². The Morgan fingerprint density at radius 3 is 2.57 bits per heavy atom. The van der Waals surface area contributed by atoms with Gasteiger partial charge in [0, 0.05) is 18.6 Å². The van der Waals surface area contributed by atoms with Crippen molar-refractivity contribution >= 4 is 10.2 Å². The molecule has 0 spiro atoms. The summed E-state index contributed by atoms with van der Waals surface area (Å²) in [6, 6.07) is 0. The second-order valence-corrected chi connectivity index (χ2v) is 8.48. The quantitative estimate of drug-likeness (QED) is 0.640. The average molecular weight is 320 g/mol. The van der Waals surface area contributed by atoms with E-state index < -0.39 is 10.2 Å².